The lowest BCUT2D eigenvalue weighted by atomic mass is 9.78. The molecule has 0 radical (unpaired) electrons. The van der Waals surface area contributed by atoms with Crippen molar-refractivity contribution >= 4 is 28.2 Å². The van der Waals surface area contributed by atoms with Crippen LogP contribution >= 0.6 is 11.6 Å². The van der Waals surface area contributed by atoms with E-state index < -0.39 is 0 Å². The Morgan fingerprint density at radius 1 is 1.33 bits per heavy atom. The first-order valence-electron chi connectivity index (χ1n) is 7.30. The molecule has 0 spiro atoms. The fourth-order valence-corrected chi connectivity index (χ4v) is 3.68. The van der Waals surface area contributed by atoms with Gasteiger partial charge >= 0.3 is 0 Å². The zero-order valence-corrected chi connectivity index (χ0v) is 13.8. The van der Waals surface area contributed by atoms with Gasteiger partial charge in [0.15, 0.2) is 0 Å². The lowest BCUT2D eigenvalue weighted by Crippen LogP contribution is -2.25. The van der Waals surface area contributed by atoms with Crippen molar-refractivity contribution < 1.29 is 0 Å². The molecule has 1 aliphatic heterocycles. The molecule has 3 rings (SSSR count). The highest BCUT2D eigenvalue weighted by molar-refractivity contribution is 6.34. The number of aryl methyl sites for hydroxylation is 1. The number of fused-ring (bicyclic) bond motifs is 2. The lowest BCUT2D eigenvalue weighted by Gasteiger charge is -2.27. The maximum absolute atomic E-state index is 6.29. The van der Waals surface area contributed by atoms with Crippen LogP contribution in [-0.2, 0) is 5.41 Å². The summed E-state index contributed by atoms with van der Waals surface area (Å²) in [6.07, 6.45) is 2.19. The molecule has 1 aromatic heterocycles. The molecular formula is C17H20ClN3. The highest BCUT2D eigenvalue weighted by atomic mass is 35.5. The molecule has 4 heteroatoms. The fourth-order valence-electron chi connectivity index (χ4n) is 3.41. The smallest absolute Gasteiger partial charge is 0.140 e. The van der Waals surface area contributed by atoms with Crippen LogP contribution in [0.5, 0.6) is 0 Å². The van der Waals surface area contributed by atoms with Gasteiger partial charge in [0.05, 0.1) is 5.52 Å². The van der Waals surface area contributed by atoms with Gasteiger partial charge < -0.3 is 4.90 Å². The van der Waals surface area contributed by atoms with E-state index in [1.165, 1.54) is 5.56 Å². The van der Waals surface area contributed by atoms with E-state index in [4.69, 9.17) is 11.6 Å². The Labute approximate surface area is 130 Å². The SMILES string of the molecule is C=C1N(C)c2cc3c(Cl)nc(C)nc3cc2C1(C)CCC. The Balaban J connectivity index is 2.33. The van der Waals surface area contributed by atoms with Gasteiger partial charge in [-0.15, -0.1) is 0 Å². The Hall–Kier alpha value is -1.61. The maximum Gasteiger partial charge on any atom is 0.140 e. The first kappa shape index (κ1) is 14.3. The first-order valence-corrected chi connectivity index (χ1v) is 7.67. The van der Waals surface area contributed by atoms with Crippen LogP contribution in [0.2, 0.25) is 5.15 Å². The quantitative estimate of drug-likeness (QED) is 0.758. The summed E-state index contributed by atoms with van der Waals surface area (Å²) in [5.41, 5.74) is 4.47. The summed E-state index contributed by atoms with van der Waals surface area (Å²) in [7, 11) is 2.07. The van der Waals surface area contributed by atoms with Crippen LogP contribution in [0.15, 0.2) is 24.4 Å². The minimum absolute atomic E-state index is 0.0294. The Morgan fingerprint density at radius 2 is 2.05 bits per heavy atom. The fraction of sp³-hybridized carbons (Fsp3) is 0.412. The highest BCUT2D eigenvalue weighted by Gasteiger charge is 2.40. The van der Waals surface area contributed by atoms with Crippen LogP contribution in [0, 0.1) is 6.92 Å². The third kappa shape index (κ3) is 1.95. The van der Waals surface area contributed by atoms with Crippen molar-refractivity contribution in [3.05, 3.63) is 40.9 Å². The predicted molar refractivity (Wildman–Crippen MR) is 89.1 cm³/mol. The second-order valence-electron chi connectivity index (χ2n) is 6.04. The molecule has 0 saturated heterocycles. The number of anilines is 1. The zero-order chi connectivity index (χ0) is 15.4. The molecular weight excluding hydrogens is 282 g/mol. The zero-order valence-electron chi connectivity index (χ0n) is 13.0. The van der Waals surface area contributed by atoms with E-state index in [-0.39, 0.29) is 5.41 Å². The van der Waals surface area contributed by atoms with Crippen LogP contribution in [0.4, 0.5) is 5.69 Å². The molecule has 3 nitrogen and oxygen atoms in total. The minimum atomic E-state index is -0.0294. The molecule has 0 aliphatic carbocycles. The highest BCUT2D eigenvalue weighted by Crippen LogP contribution is 2.50. The van der Waals surface area contributed by atoms with E-state index in [2.05, 4.69) is 54.5 Å². The lowest BCUT2D eigenvalue weighted by molar-refractivity contribution is 0.514. The summed E-state index contributed by atoms with van der Waals surface area (Å²) < 4.78 is 0. The summed E-state index contributed by atoms with van der Waals surface area (Å²) >= 11 is 6.29. The van der Waals surface area contributed by atoms with Gasteiger partial charge in [-0.3, -0.25) is 0 Å². The molecule has 110 valence electrons. The second-order valence-corrected chi connectivity index (χ2v) is 6.39. The van der Waals surface area contributed by atoms with Crippen LogP contribution in [0.1, 0.15) is 38.1 Å². The van der Waals surface area contributed by atoms with Crippen molar-refractivity contribution in [2.45, 2.75) is 39.0 Å². The molecule has 0 saturated carbocycles. The van der Waals surface area contributed by atoms with Gasteiger partial charge in [0, 0.05) is 29.2 Å². The average Bonchev–Trinajstić information content (AvgIpc) is 2.60. The topological polar surface area (TPSA) is 29.0 Å². The number of halogens is 1. The Bertz CT molecular complexity index is 753. The molecule has 1 aliphatic rings. The van der Waals surface area contributed by atoms with Crippen LogP contribution < -0.4 is 4.90 Å². The van der Waals surface area contributed by atoms with Gasteiger partial charge in [-0.1, -0.05) is 31.5 Å². The number of allylic oxidation sites excluding steroid dienone is 1. The van der Waals surface area contributed by atoms with Crippen molar-refractivity contribution in [3.63, 3.8) is 0 Å². The largest absolute Gasteiger partial charge is 0.348 e. The standard InChI is InChI=1S/C17H20ClN3/c1-6-7-17(4)10(2)21(5)15-8-12-14(9-13(15)17)19-11(3)20-16(12)18/h8-9H,2,6-7H2,1,3-5H3. The second kappa shape index (κ2) is 4.70. The van der Waals surface area contributed by atoms with Crippen molar-refractivity contribution in [2.75, 3.05) is 11.9 Å². The maximum atomic E-state index is 6.29. The average molecular weight is 302 g/mol. The number of rotatable bonds is 2. The summed E-state index contributed by atoms with van der Waals surface area (Å²) in [5, 5.41) is 1.42. The van der Waals surface area contributed by atoms with Crippen LogP contribution in [-0.4, -0.2) is 17.0 Å². The Morgan fingerprint density at radius 3 is 2.71 bits per heavy atom. The van der Waals surface area contributed by atoms with Crippen molar-refractivity contribution in [2.24, 2.45) is 0 Å². The first-order chi connectivity index (χ1) is 9.88. The number of hydrogen-bond acceptors (Lipinski definition) is 3. The summed E-state index contributed by atoms with van der Waals surface area (Å²) in [5.74, 6) is 0.704. The molecule has 2 heterocycles. The minimum Gasteiger partial charge on any atom is -0.348 e. The van der Waals surface area contributed by atoms with Crippen molar-refractivity contribution in [3.8, 4) is 0 Å². The molecule has 0 bridgehead atoms. The third-order valence-corrected chi connectivity index (χ3v) is 4.91. The number of hydrogen-bond donors (Lipinski definition) is 0. The molecule has 1 atom stereocenters. The molecule has 0 amide bonds. The van der Waals surface area contributed by atoms with Crippen LogP contribution in [0.25, 0.3) is 10.9 Å². The van der Waals surface area contributed by atoms with E-state index in [9.17, 15) is 0 Å². The molecule has 21 heavy (non-hydrogen) atoms. The van der Waals surface area contributed by atoms with Crippen molar-refractivity contribution in [1.29, 1.82) is 0 Å². The van der Waals surface area contributed by atoms with E-state index in [1.54, 1.807) is 0 Å². The van der Waals surface area contributed by atoms with E-state index >= 15 is 0 Å². The molecule has 0 fully saturated rings. The van der Waals surface area contributed by atoms with Gasteiger partial charge in [0.25, 0.3) is 0 Å². The monoisotopic (exact) mass is 301 g/mol. The number of likely N-dealkylation sites (N-methyl/N-ethyl adjacent to an activating group) is 1. The van der Waals surface area contributed by atoms with E-state index in [1.807, 2.05) is 6.92 Å². The third-order valence-electron chi connectivity index (χ3n) is 4.63. The van der Waals surface area contributed by atoms with Crippen molar-refractivity contribution in [1.82, 2.24) is 9.97 Å². The summed E-state index contributed by atoms with van der Waals surface area (Å²) in [6.45, 7) is 10.7. The van der Waals surface area contributed by atoms with Gasteiger partial charge in [-0.25, -0.2) is 9.97 Å². The molecule has 0 N–H and O–H groups in total. The van der Waals surface area contributed by atoms with E-state index in [0.717, 1.165) is 35.1 Å². The predicted octanol–water partition coefficient (Wildman–Crippen LogP) is 4.61. The van der Waals surface area contributed by atoms with Gasteiger partial charge in [0.1, 0.15) is 11.0 Å². The van der Waals surface area contributed by atoms with E-state index in [0.29, 0.717) is 11.0 Å². The summed E-state index contributed by atoms with van der Waals surface area (Å²) in [4.78, 5) is 11.0. The number of aromatic nitrogens is 2. The Kier molecular flexibility index (Phi) is 3.21. The number of nitrogens with zero attached hydrogens (tertiary/aromatic N) is 3. The normalized spacial score (nSPS) is 21.2. The van der Waals surface area contributed by atoms with Gasteiger partial charge in [0.2, 0.25) is 0 Å². The summed E-state index contributed by atoms with van der Waals surface area (Å²) in [6, 6.07) is 4.26. The van der Waals surface area contributed by atoms with Crippen LogP contribution in [0.3, 0.4) is 0 Å². The molecule has 1 unspecified atom stereocenters. The van der Waals surface area contributed by atoms with Gasteiger partial charge in [-0.05, 0) is 38.0 Å². The number of benzene rings is 1. The molecule has 1 aromatic carbocycles. The van der Waals surface area contributed by atoms with Gasteiger partial charge in [-0.2, -0.15) is 0 Å². The molecule has 2 aromatic rings.